The zero-order valence-electron chi connectivity index (χ0n) is 9.61. The molecule has 0 aliphatic carbocycles. The minimum atomic E-state index is -0.457. The molecular weight excluding hydrogens is 206 g/mol. The fourth-order valence-electron chi connectivity index (χ4n) is 1.02. The van der Waals surface area contributed by atoms with Gasteiger partial charge < -0.3 is 10.1 Å². The highest BCUT2D eigenvalue weighted by atomic mass is 16.5. The van der Waals surface area contributed by atoms with Crippen LogP contribution < -0.4 is 10.1 Å². The molecule has 0 aliphatic rings. The molecule has 0 fully saturated rings. The monoisotopic (exact) mass is 221 g/mol. The number of nitrogens with one attached hydrogen (secondary N) is 1. The highest BCUT2D eigenvalue weighted by Crippen LogP contribution is 2.20. The van der Waals surface area contributed by atoms with Gasteiger partial charge in [-0.15, -0.1) is 0 Å². The summed E-state index contributed by atoms with van der Waals surface area (Å²) in [7, 11) is 0. The van der Waals surface area contributed by atoms with Crippen molar-refractivity contribution in [3.8, 4) is 5.75 Å². The van der Waals surface area contributed by atoms with Gasteiger partial charge in [0.2, 0.25) is 5.91 Å². The first-order chi connectivity index (χ1) is 7.43. The van der Waals surface area contributed by atoms with Crippen molar-refractivity contribution >= 4 is 18.1 Å². The number of hydrogen-bond acceptors (Lipinski definition) is 3. The highest BCUT2D eigenvalue weighted by molar-refractivity contribution is 5.94. The van der Waals surface area contributed by atoms with E-state index in [0.717, 1.165) is 0 Å². The molecule has 1 aromatic rings. The van der Waals surface area contributed by atoms with E-state index in [2.05, 4.69) is 10.1 Å². The zero-order chi connectivity index (χ0) is 12.2. The van der Waals surface area contributed by atoms with Crippen molar-refractivity contribution in [3.63, 3.8) is 0 Å². The molecule has 1 amide bonds. The molecular formula is C12H15NO3. The number of ether oxygens (including phenoxy) is 1. The second kappa shape index (κ2) is 4.79. The molecule has 4 nitrogen and oxygen atoms in total. The fraction of sp³-hybridized carbons (Fsp3) is 0.333. The fourth-order valence-corrected chi connectivity index (χ4v) is 1.02. The summed E-state index contributed by atoms with van der Waals surface area (Å²) >= 11 is 0. The second-order valence-corrected chi connectivity index (χ2v) is 4.45. The summed E-state index contributed by atoms with van der Waals surface area (Å²) in [5, 5.41) is 2.75. The van der Waals surface area contributed by atoms with Gasteiger partial charge >= 0.3 is 0 Å². The van der Waals surface area contributed by atoms with Crippen LogP contribution in [0.3, 0.4) is 0 Å². The predicted molar refractivity (Wildman–Crippen MR) is 61.2 cm³/mol. The van der Waals surface area contributed by atoms with E-state index in [-0.39, 0.29) is 5.91 Å². The van der Waals surface area contributed by atoms with E-state index in [0.29, 0.717) is 17.9 Å². The number of hydrogen-bond donors (Lipinski definition) is 1. The molecule has 86 valence electrons. The maximum absolute atomic E-state index is 11.7. The smallest absolute Gasteiger partial charge is 0.298 e. The van der Waals surface area contributed by atoms with E-state index in [1.807, 2.05) is 20.8 Å². The Morgan fingerprint density at radius 1 is 1.38 bits per heavy atom. The Hall–Kier alpha value is -1.84. The molecule has 0 atom stereocenters. The Bertz CT molecular complexity index is 393. The number of benzene rings is 1. The van der Waals surface area contributed by atoms with Crippen molar-refractivity contribution in [2.45, 2.75) is 20.8 Å². The summed E-state index contributed by atoms with van der Waals surface area (Å²) in [6, 6.07) is 6.68. The van der Waals surface area contributed by atoms with Crippen LogP contribution in [0, 0.1) is 5.41 Å². The van der Waals surface area contributed by atoms with Crippen LogP contribution in [-0.4, -0.2) is 12.4 Å². The largest absolute Gasteiger partial charge is 0.429 e. The average molecular weight is 221 g/mol. The first-order valence-corrected chi connectivity index (χ1v) is 4.95. The van der Waals surface area contributed by atoms with Crippen molar-refractivity contribution in [3.05, 3.63) is 24.3 Å². The van der Waals surface area contributed by atoms with Crippen LogP contribution in [0.2, 0.25) is 0 Å². The maximum atomic E-state index is 11.7. The van der Waals surface area contributed by atoms with E-state index < -0.39 is 5.41 Å². The summed E-state index contributed by atoms with van der Waals surface area (Å²) in [5.41, 5.74) is 0.154. The number of anilines is 1. The zero-order valence-corrected chi connectivity index (χ0v) is 9.61. The molecule has 16 heavy (non-hydrogen) atoms. The van der Waals surface area contributed by atoms with Crippen LogP contribution >= 0.6 is 0 Å². The van der Waals surface area contributed by atoms with Gasteiger partial charge in [0, 0.05) is 17.2 Å². The topological polar surface area (TPSA) is 55.4 Å². The summed E-state index contributed by atoms with van der Waals surface area (Å²) in [4.78, 5) is 21.8. The summed E-state index contributed by atoms with van der Waals surface area (Å²) < 4.78 is 4.68. The normalized spacial score (nSPS) is 10.7. The second-order valence-electron chi connectivity index (χ2n) is 4.45. The Morgan fingerprint density at radius 2 is 2.06 bits per heavy atom. The van der Waals surface area contributed by atoms with Crippen molar-refractivity contribution in [2.75, 3.05) is 5.32 Å². The SMILES string of the molecule is CC(C)(C)C(=O)Nc1cccc(OC=O)c1. The Morgan fingerprint density at radius 3 is 2.62 bits per heavy atom. The van der Waals surface area contributed by atoms with Crippen LogP contribution in [0.1, 0.15) is 20.8 Å². The van der Waals surface area contributed by atoms with E-state index in [9.17, 15) is 9.59 Å². The Balaban J connectivity index is 2.78. The van der Waals surface area contributed by atoms with Crippen molar-refractivity contribution < 1.29 is 14.3 Å². The van der Waals surface area contributed by atoms with E-state index in [4.69, 9.17) is 0 Å². The molecule has 1 N–H and O–H groups in total. The summed E-state index contributed by atoms with van der Waals surface area (Å²) in [6.45, 7) is 5.83. The van der Waals surface area contributed by atoms with Crippen LogP contribution in [0.25, 0.3) is 0 Å². The van der Waals surface area contributed by atoms with Crippen LogP contribution in [0.15, 0.2) is 24.3 Å². The van der Waals surface area contributed by atoms with Gasteiger partial charge in [0.05, 0.1) is 0 Å². The minimum absolute atomic E-state index is 0.0873. The third kappa shape index (κ3) is 3.38. The molecule has 0 bridgehead atoms. The van der Waals surface area contributed by atoms with Crippen molar-refractivity contribution in [1.29, 1.82) is 0 Å². The van der Waals surface area contributed by atoms with Gasteiger partial charge in [0.1, 0.15) is 5.75 Å². The molecule has 0 aliphatic heterocycles. The lowest BCUT2D eigenvalue weighted by Crippen LogP contribution is -2.27. The Kier molecular flexibility index (Phi) is 3.66. The molecule has 0 aromatic heterocycles. The minimum Gasteiger partial charge on any atom is -0.429 e. The Labute approximate surface area is 94.6 Å². The van der Waals surface area contributed by atoms with Crippen LogP contribution in [0.5, 0.6) is 5.75 Å². The van der Waals surface area contributed by atoms with E-state index >= 15 is 0 Å². The molecule has 0 saturated heterocycles. The van der Waals surface area contributed by atoms with E-state index in [1.165, 1.54) is 0 Å². The lowest BCUT2D eigenvalue weighted by molar-refractivity contribution is -0.123. The van der Waals surface area contributed by atoms with Crippen molar-refractivity contribution in [1.82, 2.24) is 0 Å². The van der Waals surface area contributed by atoms with Gasteiger partial charge in [0.25, 0.3) is 6.47 Å². The molecule has 1 rings (SSSR count). The van der Waals surface area contributed by atoms with E-state index in [1.54, 1.807) is 24.3 Å². The standard InChI is InChI=1S/C12H15NO3/c1-12(2,3)11(15)13-9-5-4-6-10(7-9)16-8-14/h4-8H,1-3H3,(H,13,15). The molecule has 0 saturated carbocycles. The quantitative estimate of drug-likeness (QED) is 0.796. The van der Waals surface area contributed by atoms with Gasteiger partial charge in [-0.05, 0) is 12.1 Å². The van der Waals surface area contributed by atoms with Crippen LogP contribution in [-0.2, 0) is 9.59 Å². The first kappa shape index (κ1) is 12.2. The predicted octanol–water partition coefficient (Wildman–Crippen LogP) is 2.21. The average Bonchev–Trinajstić information content (AvgIpc) is 2.17. The molecule has 0 spiro atoms. The summed E-state index contributed by atoms with van der Waals surface area (Å²) in [5.74, 6) is 0.317. The number of carbonyl (C=O) groups excluding carboxylic acids is 2. The van der Waals surface area contributed by atoms with Gasteiger partial charge in [-0.3, -0.25) is 9.59 Å². The molecule has 0 unspecified atom stereocenters. The maximum Gasteiger partial charge on any atom is 0.298 e. The van der Waals surface area contributed by atoms with Crippen molar-refractivity contribution in [2.24, 2.45) is 5.41 Å². The highest BCUT2D eigenvalue weighted by Gasteiger charge is 2.21. The number of amides is 1. The van der Waals surface area contributed by atoms with Gasteiger partial charge in [-0.2, -0.15) is 0 Å². The third-order valence-corrected chi connectivity index (χ3v) is 1.96. The van der Waals surface area contributed by atoms with Gasteiger partial charge in [0.15, 0.2) is 0 Å². The molecule has 4 heteroatoms. The summed E-state index contributed by atoms with van der Waals surface area (Å²) in [6.07, 6.45) is 0. The molecule has 0 heterocycles. The lowest BCUT2D eigenvalue weighted by atomic mass is 9.95. The van der Waals surface area contributed by atoms with Gasteiger partial charge in [-0.25, -0.2) is 0 Å². The van der Waals surface area contributed by atoms with Crippen LogP contribution in [0.4, 0.5) is 5.69 Å². The number of carbonyl (C=O) groups is 2. The van der Waals surface area contributed by atoms with Gasteiger partial charge in [-0.1, -0.05) is 26.8 Å². The molecule has 1 aromatic carbocycles. The molecule has 0 radical (unpaired) electrons. The lowest BCUT2D eigenvalue weighted by Gasteiger charge is -2.17. The number of rotatable bonds is 3. The third-order valence-electron chi connectivity index (χ3n) is 1.96. The first-order valence-electron chi connectivity index (χ1n) is 4.95.